The minimum absolute atomic E-state index is 0.0141. The van der Waals surface area contributed by atoms with E-state index in [1.807, 2.05) is 20.8 Å². The first kappa shape index (κ1) is 13.8. The second kappa shape index (κ2) is 4.47. The lowest BCUT2D eigenvalue weighted by Crippen LogP contribution is -2.62. The summed E-state index contributed by atoms with van der Waals surface area (Å²) in [5, 5.41) is 9.25. The summed E-state index contributed by atoms with van der Waals surface area (Å²) in [6.45, 7) is 6.57. The first-order valence-electron chi connectivity index (χ1n) is 6.63. The summed E-state index contributed by atoms with van der Waals surface area (Å²) in [6.07, 6.45) is 1.76. The summed E-state index contributed by atoms with van der Waals surface area (Å²) in [5.41, 5.74) is 4.98. The highest BCUT2D eigenvalue weighted by atomic mass is 16.5. The molecule has 2 unspecified atom stereocenters. The number of aliphatic hydroxyl groups excluding tert-OH is 1. The number of nitrogens with zero attached hydrogens (tertiary/aromatic N) is 1. The third-order valence-electron chi connectivity index (χ3n) is 3.86. The molecule has 5 nitrogen and oxygen atoms in total. The van der Waals surface area contributed by atoms with Gasteiger partial charge in [-0.25, -0.2) is 0 Å². The molecule has 18 heavy (non-hydrogen) atoms. The van der Waals surface area contributed by atoms with Gasteiger partial charge in [0.1, 0.15) is 0 Å². The van der Waals surface area contributed by atoms with Crippen LogP contribution in [0.5, 0.6) is 0 Å². The van der Waals surface area contributed by atoms with E-state index in [0.29, 0.717) is 19.0 Å². The third kappa shape index (κ3) is 2.68. The van der Waals surface area contributed by atoms with Gasteiger partial charge in [-0.2, -0.15) is 0 Å². The molecule has 2 fully saturated rings. The maximum atomic E-state index is 12.5. The van der Waals surface area contributed by atoms with Gasteiger partial charge in [-0.15, -0.1) is 0 Å². The number of morpholine rings is 1. The van der Waals surface area contributed by atoms with Gasteiger partial charge in [-0.3, -0.25) is 4.79 Å². The van der Waals surface area contributed by atoms with E-state index in [1.54, 1.807) is 4.90 Å². The fourth-order valence-corrected chi connectivity index (χ4v) is 2.74. The maximum Gasteiger partial charge on any atom is 0.242 e. The lowest BCUT2D eigenvalue weighted by atomic mass is 9.93. The van der Waals surface area contributed by atoms with Gasteiger partial charge in [0.25, 0.3) is 0 Å². The lowest BCUT2D eigenvalue weighted by Gasteiger charge is -2.44. The monoisotopic (exact) mass is 256 g/mol. The Bertz CT molecular complexity index is 337. The van der Waals surface area contributed by atoms with Crippen molar-refractivity contribution in [1.29, 1.82) is 0 Å². The molecule has 0 radical (unpaired) electrons. The molecule has 2 rings (SSSR count). The molecule has 5 heteroatoms. The summed E-state index contributed by atoms with van der Waals surface area (Å²) in [5.74, 6) is 0.295. The molecule has 104 valence electrons. The van der Waals surface area contributed by atoms with Gasteiger partial charge in [0.15, 0.2) is 0 Å². The molecule has 3 N–H and O–H groups in total. The molecule has 1 saturated heterocycles. The second-order valence-corrected chi connectivity index (χ2v) is 6.42. The largest absolute Gasteiger partial charge is 0.394 e. The molecule has 0 bridgehead atoms. The van der Waals surface area contributed by atoms with Crippen molar-refractivity contribution in [2.75, 3.05) is 19.7 Å². The van der Waals surface area contributed by atoms with E-state index in [2.05, 4.69) is 0 Å². The average molecular weight is 256 g/mol. The van der Waals surface area contributed by atoms with Crippen molar-refractivity contribution >= 4 is 5.91 Å². The Balaban J connectivity index is 2.09. The van der Waals surface area contributed by atoms with Crippen molar-refractivity contribution in [1.82, 2.24) is 4.90 Å². The molecular formula is C13H24N2O3. The quantitative estimate of drug-likeness (QED) is 0.751. The molecule has 0 aromatic heterocycles. The molecule has 2 atom stereocenters. The topological polar surface area (TPSA) is 75.8 Å². The van der Waals surface area contributed by atoms with Crippen molar-refractivity contribution in [2.45, 2.75) is 50.9 Å². The number of hydrogen-bond donors (Lipinski definition) is 2. The first-order chi connectivity index (χ1) is 8.26. The van der Waals surface area contributed by atoms with Crippen LogP contribution in [0.15, 0.2) is 0 Å². The molecule has 0 spiro atoms. The zero-order valence-corrected chi connectivity index (χ0v) is 11.5. The summed E-state index contributed by atoms with van der Waals surface area (Å²) >= 11 is 0. The van der Waals surface area contributed by atoms with Gasteiger partial charge in [0.2, 0.25) is 5.91 Å². The summed E-state index contributed by atoms with van der Waals surface area (Å²) < 4.78 is 5.71. The number of ether oxygens (including phenoxy) is 1. The highest BCUT2D eigenvalue weighted by Gasteiger charge is 2.48. The highest BCUT2D eigenvalue weighted by Crippen LogP contribution is 2.39. The summed E-state index contributed by atoms with van der Waals surface area (Å²) in [4.78, 5) is 14.3. The van der Waals surface area contributed by atoms with Gasteiger partial charge in [-0.05, 0) is 39.5 Å². The fourth-order valence-electron chi connectivity index (χ4n) is 2.74. The molecule has 1 amide bonds. The van der Waals surface area contributed by atoms with Gasteiger partial charge in [-0.1, -0.05) is 0 Å². The Kier molecular flexibility index (Phi) is 3.42. The summed E-state index contributed by atoms with van der Waals surface area (Å²) in [6, 6.07) is 0. The van der Waals surface area contributed by atoms with E-state index >= 15 is 0 Å². The van der Waals surface area contributed by atoms with Crippen LogP contribution in [0.2, 0.25) is 0 Å². The molecule has 1 heterocycles. The number of aliphatic hydroxyl groups is 1. The van der Waals surface area contributed by atoms with Gasteiger partial charge < -0.3 is 20.5 Å². The fraction of sp³-hybridized carbons (Fsp3) is 0.923. The van der Waals surface area contributed by atoms with E-state index in [9.17, 15) is 9.90 Å². The third-order valence-corrected chi connectivity index (χ3v) is 3.86. The standard InChI is InChI=1S/C13H24N2O3/c1-12(2)8-15(6-10(7-16)18-12)11(17)13(3,14)9-4-5-9/h9-10,16H,4-8,14H2,1-3H3. The number of carbonyl (C=O) groups is 1. The van der Waals surface area contributed by atoms with Crippen LogP contribution in [-0.4, -0.2) is 52.9 Å². The Labute approximate surface area is 108 Å². The SMILES string of the molecule is CC1(C)CN(C(=O)C(C)(N)C2CC2)CC(CO)O1. The van der Waals surface area contributed by atoms with Crippen LogP contribution in [0.3, 0.4) is 0 Å². The van der Waals surface area contributed by atoms with Crippen molar-refractivity contribution < 1.29 is 14.6 Å². The Hall–Kier alpha value is -0.650. The number of carbonyl (C=O) groups excluding carboxylic acids is 1. The highest BCUT2D eigenvalue weighted by molar-refractivity contribution is 5.86. The smallest absolute Gasteiger partial charge is 0.242 e. The second-order valence-electron chi connectivity index (χ2n) is 6.42. The van der Waals surface area contributed by atoms with Gasteiger partial charge in [0.05, 0.1) is 23.9 Å². The van der Waals surface area contributed by atoms with E-state index in [4.69, 9.17) is 10.5 Å². The first-order valence-corrected chi connectivity index (χ1v) is 6.63. The lowest BCUT2D eigenvalue weighted by molar-refractivity contribution is -0.170. The Morgan fingerprint density at radius 2 is 2.17 bits per heavy atom. The normalized spacial score (nSPS) is 30.9. The maximum absolute atomic E-state index is 12.5. The van der Waals surface area contributed by atoms with Crippen molar-refractivity contribution in [3.05, 3.63) is 0 Å². The van der Waals surface area contributed by atoms with Crippen LogP contribution in [-0.2, 0) is 9.53 Å². The van der Waals surface area contributed by atoms with Crippen LogP contribution in [0.4, 0.5) is 0 Å². The molecular weight excluding hydrogens is 232 g/mol. The molecule has 1 saturated carbocycles. The van der Waals surface area contributed by atoms with Crippen LogP contribution >= 0.6 is 0 Å². The van der Waals surface area contributed by atoms with Crippen molar-refractivity contribution in [2.24, 2.45) is 11.7 Å². The van der Waals surface area contributed by atoms with Crippen molar-refractivity contribution in [3.8, 4) is 0 Å². The number of rotatable bonds is 3. The van der Waals surface area contributed by atoms with E-state index in [-0.39, 0.29) is 18.6 Å². The Morgan fingerprint density at radius 3 is 2.67 bits per heavy atom. The predicted octanol–water partition coefficient (Wildman–Crippen LogP) is 0.112. The number of nitrogens with two attached hydrogens (primary N) is 1. The molecule has 0 aromatic rings. The average Bonchev–Trinajstić information content (AvgIpc) is 3.09. The van der Waals surface area contributed by atoms with Crippen LogP contribution < -0.4 is 5.73 Å². The molecule has 0 aromatic carbocycles. The van der Waals surface area contributed by atoms with Crippen molar-refractivity contribution in [3.63, 3.8) is 0 Å². The molecule has 1 aliphatic carbocycles. The zero-order chi connectivity index (χ0) is 13.6. The van der Waals surface area contributed by atoms with Gasteiger partial charge >= 0.3 is 0 Å². The number of amides is 1. The summed E-state index contributed by atoms with van der Waals surface area (Å²) in [7, 11) is 0. The Morgan fingerprint density at radius 1 is 1.56 bits per heavy atom. The molecule has 1 aliphatic heterocycles. The van der Waals surface area contributed by atoms with E-state index < -0.39 is 11.1 Å². The van der Waals surface area contributed by atoms with E-state index in [0.717, 1.165) is 12.8 Å². The van der Waals surface area contributed by atoms with Crippen LogP contribution in [0, 0.1) is 5.92 Å². The molecule has 2 aliphatic rings. The minimum Gasteiger partial charge on any atom is -0.394 e. The van der Waals surface area contributed by atoms with Gasteiger partial charge in [0, 0.05) is 13.1 Å². The van der Waals surface area contributed by atoms with Crippen LogP contribution in [0.1, 0.15) is 33.6 Å². The minimum atomic E-state index is -0.770. The van der Waals surface area contributed by atoms with Crippen LogP contribution in [0.25, 0.3) is 0 Å². The zero-order valence-electron chi connectivity index (χ0n) is 11.5. The predicted molar refractivity (Wildman–Crippen MR) is 67.9 cm³/mol. The number of hydrogen-bond acceptors (Lipinski definition) is 4. The van der Waals surface area contributed by atoms with E-state index in [1.165, 1.54) is 0 Å².